The highest BCUT2D eigenvalue weighted by Gasteiger charge is 2.32. The molecule has 0 aliphatic heterocycles. The van der Waals surface area contributed by atoms with Crippen LogP contribution in [-0.2, 0) is 5.41 Å². The third-order valence-corrected chi connectivity index (χ3v) is 3.38. The summed E-state index contributed by atoms with van der Waals surface area (Å²) in [5.74, 6) is 0.780. The van der Waals surface area contributed by atoms with Gasteiger partial charge in [0.25, 0.3) is 0 Å². The number of aromatic hydroxyl groups is 1. The highest BCUT2D eigenvalue weighted by molar-refractivity contribution is 5.44. The van der Waals surface area contributed by atoms with Crippen LogP contribution in [0.4, 0.5) is 0 Å². The highest BCUT2D eigenvalue weighted by atomic mass is 16.3. The Bertz CT molecular complexity index is 417. The molecule has 1 N–H and O–H groups in total. The number of phenols is 1. The van der Waals surface area contributed by atoms with E-state index >= 15 is 0 Å². The molecule has 1 heteroatoms. The lowest BCUT2D eigenvalue weighted by molar-refractivity contribution is 0.411. The molecule has 0 spiro atoms. The van der Waals surface area contributed by atoms with Crippen LogP contribution < -0.4 is 0 Å². The number of rotatable bonds is 1. The van der Waals surface area contributed by atoms with Crippen molar-refractivity contribution in [2.75, 3.05) is 0 Å². The van der Waals surface area contributed by atoms with Gasteiger partial charge in [-0.05, 0) is 12.0 Å². The lowest BCUT2D eigenvalue weighted by Gasteiger charge is -2.34. The molecule has 0 amide bonds. The summed E-state index contributed by atoms with van der Waals surface area (Å²) < 4.78 is 0. The molecule has 0 saturated carbocycles. The Labute approximate surface area is 90.8 Å². The first-order valence-corrected chi connectivity index (χ1v) is 5.29. The largest absolute Gasteiger partial charge is 0.508 e. The van der Waals surface area contributed by atoms with Gasteiger partial charge in [-0.25, -0.2) is 0 Å². The molecule has 78 valence electrons. The van der Waals surface area contributed by atoms with Gasteiger partial charge in [0.1, 0.15) is 5.75 Å². The Morgan fingerprint density at radius 1 is 1.20 bits per heavy atom. The van der Waals surface area contributed by atoms with Crippen molar-refractivity contribution in [1.82, 2.24) is 0 Å². The topological polar surface area (TPSA) is 20.2 Å². The van der Waals surface area contributed by atoms with Gasteiger partial charge in [0.05, 0.1) is 0 Å². The predicted molar refractivity (Wildman–Crippen MR) is 62.9 cm³/mol. The van der Waals surface area contributed by atoms with Crippen molar-refractivity contribution in [3.05, 3.63) is 54.1 Å². The highest BCUT2D eigenvalue weighted by Crippen LogP contribution is 2.40. The summed E-state index contributed by atoms with van der Waals surface area (Å²) in [5.41, 5.74) is 0.901. The van der Waals surface area contributed by atoms with E-state index in [1.807, 2.05) is 24.3 Å². The molecular formula is C14H16O. The van der Waals surface area contributed by atoms with Crippen LogP contribution in [0.1, 0.15) is 19.4 Å². The molecule has 1 aromatic carbocycles. The maximum Gasteiger partial charge on any atom is 0.119 e. The normalized spacial score (nSPS) is 29.3. The Kier molecular flexibility index (Phi) is 2.39. The van der Waals surface area contributed by atoms with Crippen LogP contribution in [0, 0.1) is 5.92 Å². The fourth-order valence-electron chi connectivity index (χ4n) is 2.10. The van der Waals surface area contributed by atoms with E-state index < -0.39 is 0 Å². The Morgan fingerprint density at radius 2 is 1.93 bits per heavy atom. The molecule has 1 nitrogen and oxygen atoms in total. The van der Waals surface area contributed by atoms with E-state index in [4.69, 9.17) is 0 Å². The molecular weight excluding hydrogens is 184 g/mol. The minimum Gasteiger partial charge on any atom is -0.508 e. The summed E-state index contributed by atoms with van der Waals surface area (Å²) in [6.07, 6.45) is 8.44. The van der Waals surface area contributed by atoms with Gasteiger partial charge in [-0.15, -0.1) is 0 Å². The first-order valence-electron chi connectivity index (χ1n) is 5.29. The third kappa shape index (κ3) is 1.58. The molecule has 0 heterocycles. The molecule has 1 aliphatic rings. The van der Waals surface area contributed by atoms with Crippen LogP contribution in [0.5, 0.6) is 5.75 Å². The van der Waals surface area contributed by atoms with Crippen LogP contribution in [0.25, 0.3) is 0 Å². The van der Waals surface area contributed by atoms with Crippen LogP contribution in [0.2, 0.25) is 0 Å². The van der Waals surface area contributed by atoms with E-state index in [1.165, 1.54) is 0 Å². The van der Waals surface area contributed by atoms with Gasteiger partial charge in [-0.2, -0.15) is 0 Å². The molecule has 0 radical (unpaired) electrons. The monoisotopic (exact) mass is 200 g/mol. The maximum absolute atomic E-state index is 9.89. The van der Waals surface area contributed by atoms with Gasteiger partial charge in [-0.3, -0.25) is 0 Å². The van der Waals surface area contributed by atoms with Gasteiger partial charge in [0.2, 0.25) is 0 Å². The summed E-state index contributed by atoms with van der Waals surface area (Å²) >= 11 is 0. The smallest absolute Gasteiger partial charge is 0.119 e. The zero-order valence-corrected chi connectivity index (χ0v) is 9.14. The molecule has 2 atom stereocenters. The lowest BCUT2D eigenvalue weighted by Crippen LogP contribution is -2.28. The van der Waals surface area contributed by atoms with Gasteiger partial charge in [0, 0.05) is 11.0 Å². The molecule has 2 unspecified atom stereocenters. The van der Waals surface area contributed by atoms with Crippen molar-refractivity contribution in [3.8, 4) is 5.75 Å². The first-order chi connectivity index (χ1) is 7.14. The van der Waals surface area contributed by atoms with E-state index in [2.05, 4.69) is 32.1 Å². The quantitative estimate of drug-likeness (QED) is 0.736. The predicted octanol–water partition coefficient (Wildman–Crippen LogP) is 3.41. The molecule has 15 heavy (non-hydrogen) atoms. The number of hydrogen-bond acceptors (Lipinski definition) is 1. The molecule has 1 aromatic rings. The summed E-state index contributed by atoms with van der Waals surface area (Å²) in [6.45, 7) is 4.33. The molecule has 0 aromatic heterocycles. The summed E-state index contributed by atoms with van der Waals surface area (Å²) in [6, 6.07) is 7.57. The van der Waals surface area contributed by atoms with E-state index in [9.17, 15) is 5.11 Å². The minimum absolute atomic E-state index is 0.0971. The standard InChI is InChI=1S/C14H16O/c1-11-7-5-6-10-14(11,2)12-8-3-4-9-13(12)15/h3-11,15H,1-2H3. The van der Waals surface area contributed by atoms with Crippen LogP contribution in [0.15, 0.2) is 48.6 Å². The Balaban J connectivity index is 2.50. The SMILES string of the molecule is CC1C=CC=CC1(C)c1ccccc1O. The van der Waals surface area contributed by atoms with Crippen molar-refractivity contribution in [3.63, 3.8) is 0 Å². The average molecular weight is 200 g/mol. The first kappa shape index (κ1) is 10.0. The average Bonchev–Trinajstić information content (AvgIpc) is 2.23. The Morgan fingerprint density at radius 3 is 2.60 bits per heavy atom. The van der Waals surface area contributed by atoms with Crippen molar-refractivity contribution in [1.29, 1.82) is 0 Å². The van der Waals surface area contributed by atoms with Crippen molar-refractivity contribution < 1.29 is 5.11 Å². The number of benzene rings is 1. The number of hydrogen-bond donors (Lipinski definition) is 1. The van der Waals surface area contributed by atoms with Crippen LogP contribution >= 0.6 is 0 Å². The van der Waals surface area contributed by atoms with Crippen molar-refractivity contribution in [2.45, 2.75) is 19.3 Å². The molecule has 0 bridgehead atoms. The molecule has 0 saturated heterocycles. The fraction of sp³-hybridized carbons (Fsp3) is 0.286. The third-order valence-electron chi connectivity index (χ3n) is 3.38. The van der Waals surface area contributed by atoms with E-state index in [-0.39, 0.29) is 5.41 Å². The zero-order chi connectivity index (χ0) is 10.9. The second-order valence-corrected chi connectivity index (χ2v) is 4.33. The van der Waals surface area contributed by atoms with Gasteiger partial charge >= 0.3 is 0 Å². The van der Waals surface area contributed by atoms with Crippen molar-refractivity contribution >= 4 is 0 Å². The minimum atomic E-state index is -0.0971. The van der Waals surface area contributed by atoms with Crippen molar-refractivity contribution in [2.24, 2.45) is 5.92 Å². The van der Waals surface area contributed by atoms with Gasteiger partial charge in [0.15, 0.2) is 0 Å². The van der Waals surface area contributed by atoms with Crippen LogP contribution in [-0.4, -0.2) is 5.11 Å². The maximum atomic E-state index is 9.89. The molecule has 2 rings (SSSR count). The lowest BCUT2D eigenvalue weighted by atomic mass is 9.70. The van der Waals surface area contributed by atoms with E-state index in [1.54, 1.807) is 6.07 Å². The number of allylic oxidation sites excluding steroid dienone is 4. The molecule has 0 fully saturated rings. The molecule has 1 aliphatic carbocycles. The second-order valence-electron chi connectivity index (χ2n) is 4.33. The van der Waals surface area contributed by atoms with Gasteiger partial charge < -0.3 is 5.11 Å². The summed E-state index contributed by atoms with van der Waals surface area (Å²) in [7, 11) is 0. The number of para-hydroxylation sites is 1. The fourth-order valence-corrected chi connectivity index (χ4v) is 2.10. The second kappa shape index (κ2) is 3.58. The summed E-state index contributed by atoms with van der Waals surface area (Å²) in [5, 5.41) is 9.89. The van der Waals surface area contributed by atoms with E-state index in [0.717, 1.165) is 5.56 Å². The Hall–Kier alpha value is -1.50. The van der Waals surface area contributed by atoms with E-state index in [0.29, 0.717) is 11.7 Å². The number of phenolic OH excluding ortho intramolecular Hbond substituents is 1. The zero-order valence-electron chi connectivity index (χ0n) is 9.14. The van der Waals surface area contributed by atoms with Gasteiger partial charge in [-0.1, -0.05) is 56.4 Å². The van der Waals surface area contributed by atoms with Crippen LogP contribution in [0.3, 0.4) is 0 Å². The summed E-state index contributed by atoms with van der Waals surface area (Å²) in [4.78, 5) is 0.